The third kappa shape index (κ3) is 4.31. The Morgan fingerprint density at radius 1 is 1.29 bits per heavy atom. The van der Waals surface area contributed by atoms with Gasteiger partial charge < -0.3 is 14.8 Å². The van der Waals surface area contributed by atoms with Crippen molar-refractivity contribution in [1.82, 2.24) is 9.97 Å². The Labute approximate surface area is 171 Å². The minimum Gasteiger partial charge on any atom is -0.497 e. The maximum absolute atomic E-state index is 12.7. The number of halogens is 1. The summed E-state index contributed by atoms with van der Waals surface area (Å²) in [5, 5.41) is 9.34. The number of nitrogens with one attached hydrogen (secondary N) is 1. The van der Waals surface area contributed by atoms with Gasteiger partial charge in [0.2, 0.25) is 17.7 Å². The van der Waals surface area contributed by atoms with Crippen LogP contribution in [0, 0.1) is 0 Å². The molecule has 8 nitrogen and oxygen atoms in total. The van der Waals surface area contributed by atoms with Crippen molar-refractivity contribution in [3.63, 3.8) is 0 Å². The van der Waals surface area contributed by atoms with Crippen molar-refractivity contribution >= 4 is 41.7 Å². The summed E-state index contributed by atoms with van der Waals surface area (Å²) < 4.78 is 5.08. The normalized spacial score (nSPS) is 16.2. The van der Waals surface area contributed by atoms with Crippen LogP contribution in [0.5, 0.6) is 11.6 Å². The Balaban J connectivity index is 0.00000280. The Morgan fingerprint density at radius 3 is 2.54 bits per heavy atom. The van der Waals surface area contributed by atoms with Gasteiger partial charge in [-0.1, -0.05) is 25.1 Å². The maximum Gasteiger partial charge on any atom is 0.258 e. The van der Waals surface area contributed by atoms with Crippen LogP contribution in [0.15, 0.2) is 34.2 Å². The fourth-order valence-corrected chi connectivity index (χ4v) is 3.82. The average Bonchev–Trinajstić information content (AvgIpc) is 2.92. The zero-order valence-corrected chi connectivity index (χ0v) is 16.9. The molecule has 2 heterocycles. The summed E-state index contributed by atoms with van der Waals surface area (Å²) in [6.07, 6.45) is 1.08. The number of amides is 2. The predicted molar refractivity (Wildman–Crippen MR) is 108 cm³/mol. The van der Waals surface area contributed by atoms with Gasteiger partial charge in [-0.3, -0.25) is 14.4 Å². The van der Waals surface area contributed by atoms with Crippen molar-refractivity contribution in [2.45, 2.75) is 36.6 Å². The Bertz CT molecular complexity index is 932. The van der Waals surface area contributed by atoms with Crippen molar-refractivity contribution in [2.75, 3.05) is 12.0 Å². The summed E-state index contributed by atoms with van der Waals surface area (Å²) >= 11 is 0.961. The second-order valence-corrected chi connectivity index (χ2v) is 7.19. The molecule has 1 atom stereocenters. The minimum atomic E-state index is -0.723. The van der Waals surface area contributed by atoms with Crippen LogP contribution in [-0.4, -0.2) is 39.2 Å². The van der Waals surface area contributed by atoms with Gasteiger partial charge in [0, 0.05) is 6.42 Å². The fourth-order valence-electron chi connectivity index (χ4n) is 2.83. The minimum absolute atomic E-state index is 0. The summed E-state index contributed by atoms with van der Waals surface area (Å²) in [5.41, 5.74) is 0.239. The Kier molecular flexibility index (Phi) is 7.09. The number of methoxy groups -OCH3 is 1. The highest BCUT2D eigenvalue weighted by Crippen LogP contribution is 2.33. The molecule has 2 N–H and O–H groups in total. The molecule has 1 unspecified atom stereocenters. The van der Waals surface area contributed by atoms with Gasteiger partial charge in [0.15, 0.2) is 5.16 Å². The molecule has 0 spiro atoms. The molecular formula is C18H20ClN3O5S. The van der Waals surface area contributed by atoms with Gasteiger partial charge in [-0.2, -0.15) is 4.98 Å². The standard InChI is InChI=1S/C18H19N3O5S.ClH/c1-3-4-12-15(23)19-18(20-16(12)24)27-13-9-14(22)21(17(13)25)10-5-7-11(26-2)8-6-10;/h5-8,13H,3-4,9H2,1-2H3,(H2,19,20,23,24);1H. The number of nitrogens with zero attached hydrogens (tertiary/aromatic N) is 2. The zero-order chi connectivity index (χ0) is 19.6. The highest BCUT2D eigenvalue weighted by atomic mass is 35.5. The summed E-state index contributed by atoms with van der Waals surface area (Å²) in [5.74, 6) is -0.452. The van der Waals surface area contributed by atoms with Crippen LogP contribution in [0.25, 0.3) is 0 Å². The number of thioether (sulfide) groups is 1. The van der Waals surface area contributed by atoms with E-state index in [9.17, 15) is 19.5 Å². The van der Waals surface area contributed by atoms with E-state index in [-0.39, 0.29) is 41.3 Å². The van der Waals surface area contributed by atoms with Crippen LogP contribution < -0.4 is 15.2 Å². The molecule has 1 saturated heterocycles. The van der Waals surface area contributed by atoms with Crippen molar-refractivity contribution < 1.29 is 19.4 Å². The smallest absolute Gasteiger partial charge is 0.258 e. The molecule has 0 bridgehead atoms. The molecule has 1 aromatic heterocycles. The first-order valence-corrected chi connectivity index (χ1v) is 9.32. The molecule has 150 valence electrons. The number of aromatic nitrogens is 2. The summed E-state index contributed by atoms with van der Waals surface area (Å²) in [6.45, 7) is 1.89. The first-order valence-electron chi connectivity index (χ1n) is 8.44. The topological polar surface area (TPSA) is 113 Å². The number of hydrogen-bond acceptors (Lipinski definition) is 7. The highest BCUT2D eigenvalue weighted by Gasteiger charge is 2.40. The molecule has 1 aliphatic rings. The number of carbonyl (C=O) groups is 2. The first-order chi connectivity index (χ1) is 12.9. The molecule has 1 fully saturated rings. The van der Waals surface area contributed by atoms with E-state index in [0.29, 0.717) is 24.3 Å². The molecule has 10 heteroatoms. The van der Waals surface area contributed by atoms with Crippen LogP contribution in [0.1, 0.15) is 25.3 Å². The summed E-state index contributed by atoms with van der Waals surface area (Å²) in [4.78, 5) is 44.7. The molecule has 2 amide bonds. The van der Waals surface area contributed by atoms with E-state index in [2.05, 4.69) is 9.97 Å². The molecule has 0 radical (unpaired) electrons. The van der Waals surface area contributed by atoms with E-state index in [1.807, 2.05) is 6.92 Å². The van der Waals surface area contributed by atoms with Crippen LogP contribution in [0.4, 0.5) is 5.69 Å². The van der Waals surface area contributed by atoms with Gasteiger partial charge in [0.25, 0.3) is 5.56 Å². The monoisotopic (exact) mass is 425 g/mol. The number of benzene rings is 1. The lowest BCUT2D eigenvalue weighted by Crippen LogP contribution is -2.31. The molecule has 1 aliphatic heterocycles. The van der Waals surface area contributed by atoms with E-state index >= 15 is 0 Å². The predicted octanol–water partition coefficient (Wildman–Crippen LogP) is 2.28. The number of aromatic hydroxyl groups is 1. The molecule has 0 aliphatic carbocycles. The van der Waals surface area contributed by atoms with Gasteiger partial charge in [-0.05, 0) is 30.7 Å². The van der Waals surface area contributed by atoms with Crippen molar-refractivity contribution in [3.8, 4) is 11.6 Å². The van der Waals surface area contributed by atoms with Crippen LogP contribution in [0.3, 0.4) is 0 Å². The fraction of sp³-hybridized carbons (Fsp3) is 0.333. The number of rotatable bonds is 6. The highest BCUT2D eigenvalue weighted by molar-refractivity contribution is 8.00. The lowest BCUT2D eigenvalue weighted by Gasteiger charge is -2.15. The average molecular weight is 426 g/mol. The Hall–Kier alpha value is -2.52. The maximum atomic E-state index is 12.7. The lowest BCUT2D eigenvalue weighted by molar-refractivity contribution is -0.121. The first kappa shape index (κ1) is 21.8. The lowest BCUT2D eigenvalue weighted by atomic mass is 10.2. The number of H-pyrrole nitrogens is 1. The van der Waals surface area contributed by atoms with E-state index in [1.54, 1.807) is 24.3 Å². The molecule has 2 aromatic rings. The molecular weight excluding hydrogens is 406 g/mol. The van der Waals surface area contributed by atoms with Crippen LogP contribution >= 0.6 is 24.2 Å². The molecule has 3 rings (SSSR count). The number of hydrogen-bond donors (Lipinski definition) is 2. The van der Waals surface area contributed by atoms with Crippen molar-refractivity contribution in [2.24, 2.45) is 0 Å². The van der Waals surface area contributed by atoms with Crippen molar-refractivity contribution in [3.05, 3.63) is 40.2 Å². The quantitative estimate of drug-likeness (QED) is 0.539. The van der Waals surface area contributed by atoms with Crippen LogP contribution in [-0.2, 0) is 16.0 Å². The largest absolute Gasteiger partial charge is 0.497 e. The number of ether oxygens (including phenoxy) is 1. The van der Waals surface area contributed by atoms with Gasteiger partial charge in [0.05, 0.1) is 18.4 Å². The molecule has 28 heavy (non-hydrogen) atoms. The number of aromatic amines is 1. The van der Waals surface area contributed by atoms with E-state index in [1.165, 1.54) is 7.11 Å². The van der Waals surface area contributed by atoms with Crippen LogP contribution in [0.2, 0.25) is 0 Å². The summed E-state index contributed by atoms with van der Waals surface area (Å²) in [7, 11) is 1.53. The Morgan fingerprint density at radius 2 is 1.96 bits per heavy atom. The van der Waals surface area contributed by atoms with E-state index in [4.69, 9.17) is 4.74 Å². The third-order valence-electron chi connectivity index (χ3n) is 4.16. The second kappa shape index (κ2) is 9.11. The van der Waals surface area contributed by atoms with Gasteiger partial charge in [0.1, 0.15) is 11.0 Å². The molecule has 0 saturated carbocycles. The van der Waals surface area contributed by atoms with E-state index < -0.39 is 16.7 Å². The van der Waals surface area contributed by atoms with E-state index in [0.717, 1.165) is 16.7 Å². The number of carbonyl (C=O) groups excluding carboxylic acids is 2. The second-order valence-electron chi connectivity index (χ2n) is 6.00. The number of anilines is 1. The summed E-state index contributed by atoms with van der Waals surface area (Å²) in [6, 6.07) is 6.60. The molecule has 1 aromatic carbocycles. The number of imide groups is 1. The van der Waals surface area contributed by atoms with Gasteiger partial charge >= 0.3 is 0 Å². The van der Waals surface area contributed by atoms with Gasteiger partial charge in [-0.15, -0.1) is 12.4 Å². The third-order valence-corrected chi connectivity index (χ3v) is 5.23. The zero-order valence-electron chi connectivity index (χ0n) is 15.3. The SMILES string of the molecule is CCCc1c(O)nc(SC2CC(=O)N(c3ccc(OC)cc3)C2=O)[nH]c1=O.Cl. The van der Waals surface area contributed by atoms with Crippen molar-refractivity contribution in [1.29, 1.82) is 0 Å². The van der Waals surface area contributed by atoms with Gasteiger partial charge in [-0.25, -0.2) is 4.90 Å².